The van der Waals surface area contributed by atoms with Gasteiger partial charge in [0.05, 0.1) is 0 Å². The van der Waals surface area contributed by atoms with E-state index in [0.717, 1.165) is 17.1 Å². The van der Waals surface area contributed by atoms with Crippen LogP contribution in [0.15, 0.2) is 249 Å². The molecule has 0 heterocycles. The minimum Gasteiger partial charge on any atom is -0.311 e. The Morgan fingerprint density at radius 2 is 0.656 bits per heavy atom. The summed E-state index contributed by atoms with van der Waals surface area (Å²) < 4.78 is 0. The summed E-state index contributed by atoms with van der Waals surface area (Å²) in [6, 6.07) is 90.3. The third-order valence-corrected chi connectivity index (χ3v) is 12.1. The highest BCUT2D eigenvalue weighted by Gasteiger charge is 2.17. The van der Waals surface area contributed by atoms with Gasteiger partial charge in [0.25, 0.3) is 0 Å². The van der Waals surface area contributed by atoms with E-state index in [9.17, 15) is 0 Å². The number of hydrogen-bond donors (Lipinski definition) is 0. The maximum atomic E-state index is 2.37. The fraction of sp³-hybridized carbons (Fsp3) is 0. The summed E-state index contributed by atoms with van der Waals surface area (Å²) >= 11 is 0. The zero-order valence-corrected chi connectivity index (χ0v) is 33.6. The first-order valence-corrected chi connectivity index (χ1v) is 21.0. The largest absolute Gasteiger partial charge is 0.311 e. The first-order chi connectivity index (χ1) is 30.2. The zero-order chi connectivity index (χ0) is 40.5. The molecule has 0 N–H and O–H groups in total. The number of fused-ring (bicyclic) bond motifs is 4. The lowest BCUT2D eigenvalue weighted by Crippen LogP contribution is -2.09. The number of nitrogens with zero attached hydrogens (tertiary/aromatic N) is 1. The fourth-order valence-electron chi connectivity index (χ4n) is 9.06. The van der Waals surface area contributed by atoms with Gasteiger partial charge in [-0.25, -0.2) is 0 Å². The Kier molecular flexibility index (Phi) is 9.26. The predicted octanol–water partition coefficient (Wildman–Crippen LogP) is 17.0. The fourth-order valence-corrected chi connectivity index (χ4v) is 9.06. The summed E-state index contributed by atoms with van der Waals surface area (Å²) in [4.78, 5) is 2.37. The second kappa shape index (κ2) is 15.6. The second-order valence-corrected chi connectivity index (χ2v) is 15.7. The quantitative estimate of drug-likeness (QED) is 0.139. The van der Waals surface area contributed by atoms with E-state index in [1.165, 1.54) is 88.0 Å². The van der Waals surface area contributed by atoms with E-state index in [0.29, 0.717) is 0 Å². The van der Waals surface area contributed by atoms with Gasteiger partial charge in [0.15, 0.2) is 0 Å². The van der Waals surface area contributed by atoms with E-state index in [1.54, 1.807) is 0 Å². The van der Waals surface area contributed by atoms with Crippen molar-refractivity contribution in [3.63, 3.8) is 0 Å². The van der Waals surface area contributed by atoms with Crippen molar-refractivity contribution < 1.29 is 0 Å². The van der Waals surface area contributed by atoms with Crippen molar-refractivity contribution in [2.45, 2.75) is 0 Å². The van der Waals surface area contributed by atoms with Gasteiger partial charge >= 0.3 is 0 Å². The Bertz CT molecular complexity index is 3310. The average Bonchev–Trinajstić information content (AvgIpc) is 3.35. The summed E-state index contributed by atoms with van der Waals surface area (Å²) in [5, 5.41) is 7.56. The first kappa shape index (κ1) is 36.1. The molecule has 0 spiro atoms. The van der Waals surface area contributed by atoms with Crippen LogP contribution in [0.1, 0.15) is 0 Å². The van der Waals surface area contributed by atoms with Crippen LogP contribution in [0.2, 0.25) is 0 Å². The van der Waals surface area contributed by atoms with Gasteiger partial charge in [0.1, 0.15) is 0 Å². The molecule has 0 saturated carbocycles. The highest BCUT2D eigenvalue weighted by atomic mass is 15.1. The molecule has 11 rings (SSSR count). The van der Waals surface area contributed by atoms with Crippen LogP contribution in [-0.4, -0.2) is 0 Å². The third-order valence-electron chi connectivity index (χ3n) is 12.1. The molecule has 286 valence electrons. The zero-order valence-electron chi connectivity index (χ0n) is 33.6. The Hall–Kier alpha value is -8.00. The van der Waals surface area contributed by atoms with E-state index in [2.05, 4.69) is 254 Å². The van der Waals surface area contributed by atoms with Crippen LogP contribution in [-0.2, 0) is 0 Å². The SMILES string of the molecule is c1ccc(-c2cccc(-c3ccc(N(c4ccc(-c5ccc6ccccc6c5-c5ccccc5)cc4)c4ccc(-c5cc6ccccc6c6ccccc56)cc4)cc3)c2)cc1. The maximum Gasteiger partial charge on any atom is 0.0462 e. The van der Waals surface area contributed by atoms with Crippen molar-refractivity contribution in [2.24, 2.45) is 0 Å². The molecule has 0 fully saturated rings. The minimum atomic E-state index is 1.09. The summed E-state index contributed by atoms with van der Waals surface area (Å²) in [7, 11) is 0. The molecular formula is C60H41N. The van der Waals surface area contributed by atoms with Gasteiger partial charge in [0.2, 0.25) is 0 Å². The molecule has 0 aromatic heterocycles. The smallest absolute Gasteiger partial charge is 0.0462 e. The van der Waals surface area contributed by atoms with Crippen molar-refractivity contribution in [1.29, 1.82) is 0 Å². The Morgan fingerprint density at radius 1 is 0.213 bits per heavy atom. The number of anilines is 3. The van der Waals surface area contributed by atoms with Crippen molar-refractivity contribution in [3.8, 4) is 55.6 Å². The topological polar surface area (TPSA) is 3.24 Å². The molecule has 1 nitrogen and oxygen atoms in total. The highest BCUT2D eigenvalue weighted by molar-refractivity contribution is 6.14. The van der Waals surface area contributed by atoms with Gasteiger partial charge in [-0.1, -0.05) is 200 Å². The molecule has 0 saturated heterocycles. The van der Waals surface area contributed by atoms with Crippen LogP contribution in [0.5, 0.6) is 0 Å². The molecule has 11 aromatic carbocycles. The number of hydrogen-bond acceptors (Lipinski definition) is 1. The first-order valence-electron chi connectivity index (χ1n) is 21.0. The van der Waals surface area contributed by atoms with Gasteiger partial charge < -0.3 is 4.90 Å². The summed E-state index contributed by atoms with van der Waals surface area (Å²) in [5.74, 6) is 0. The molecule has 0 aliphatic rings. The Labute approximate surface area is 357 Å². The lowest BCUT2D eigenvalue weighted by atomic mass is 9.90. The van der Waals surface area contributed by atoms with Crippen LogP contribution in [0, 0.1) is 0 Å². The lowest BCUT2D eigenvalue weighted by Gasteiger charge is -2.26. The summed E-state index contributed by atoms with van der Waals surface area (Å²) in [6.07, 6.45) is 0. The molecular weight excluding hydrogens is 735 g/mol. The maximum absolute atomic E-state index is 2.37. The normalized spacial score (nSPS) is 11.3. The van der Waals surface area contributed by atoms with E-state index in [4.69, 9.17) is 0 Å². The molecule has 0 bridgehead atoms. The van der Waals surface area contributed by atoms with Gasteiger partial charge in [-0.2, -0.15) is 0 Å². The number of rotatable bonds is 8. The lowest BCUT2D eigenvalue weighted by molar-refractivity contribution is 1.28. The number of benzene rings is 11. The van der Waals surface area contributed by atoms with E-state index >= 15 is 0 Å². The van der Waals surface area contributed by atoms with Crippen molar-refractivity contribution >= 4 is 49.4 Å². The van der Waals surface area contributed by atoms with Crippen LogP contribution in [0.3, 0.4) is 0 Å². The van der Waals surface area contributed by atoms with Gasteiger partial charge in [0, 0.05) is 17.1 Å². The van der Waals surface area contributed by atoms with Crippen LogP contribution in [0.25, 0.3) is 88.0 Å². The monoisotopic (exact) mass is 775 g/mol. The molecule has 61 heavy (non-hydrogen) atoms. The third kappa shape index (κ3) is 6.83. The summed E-state index contributed by atoms with van der Waals surface area (Å²) in [6.45, 7) is 0. The Morgan fingerprint density at radius 3 is 1.28 bits per heavy atom. The van der Waals surface area contributed by atoms with Gasteiger partial charge in [-0.3, -0.25) is 0 Å². The predicted molar refractivity (Wildman–Crippen MR) is 261 cm³/mol. The molecule has 0 aliphatic heterocycles. The van der Waals surface area contributed by atoms with E-state index in [-0.39, 0.29) is 0 Å². The standard InChI is InChI=1S/C60H41N/c1-3-14-42(15-4-1)48-20-13-21-49(40-48)43-26-33-51(34-27-43)61(53-37-30-46(31-38-53)59-41-50-19-8-9-22-54(50)57-24-11-12-25-58(57)59)52-35-28-45(29-36-52)56-39-32-44-16-7-10-23-55(44)60(56)47-17-5-2-6-18-47/h1-41H. The van der Waals surface area contributed by atoms with E-state index in [1.807, 2.05) is 0 Å². The van der Waals surface area contributed by atoms with Crippen molar-refractivity contribution in [3.05, 3.63) is 249 Å². The van der Waals surface area contributed by atoms with Crippen LogP contribution < -0.4 is 4.90 Å². The van der Waals surface area contributed by atoms with Gasteiger partial charge in [-0.15, -0.1) is 0 Å². The van der Waals surface area contributed by atoms with Crippen LogP contribution in [0.4, 0.5) is 17.1 Å². The Balaban J connectivity index is 1.01. The molecule has 11 aromatic rings. The molecule has 0 atom stereocenters. The molecule has 0 aliphatic carbocycles. The van der Waals surface area contributed by atoms with Crippen molar-refractivity contribution in [2.75, 3.05) is 4.90 Å². The molecule has 1 heteroatoms. The molecule has 0 amide bonds. The van der Waals surface area contributed by atoms with Crippen molar-refractivity contribution in [1.82, 2.24) is 0 Å². The minimum absolute atomic E-state index is 1.09. The van der Waals surface area contributed by atoms with Gasteiger partial charge in [-0.05, 0) is 136 Å². The highest BCUT2D eigenvalue weighted by Crippen LogP contribution is 2.42. The summed E-state index contributed by atoms with van der Waals surface area (Å²) in [5.41, 5.74) is 15.4. The van der Waals surface area contributed by atoms with E-state index < -0.39 is 0 Å². The molecule has 0 radical (unpaired) electrons. The molecule has 0 unspecified atom stereocenters. The van der Waals surface area contributed by atoms with Crippen LogP contribution >= 0.6 is 0 Å². The average molecular weight is 776 g/mol. The second-order valence-electron chi connectivity index (χ2n) is 15.7.